The van der Waals surface area contributed by atoms with Gasteiger partial charge in [0.05, 0.1) is 17.9 Å². The summed E-state index contributed by atoms with van der Waals surface area (Å²) in [5, 5.41) is 7.71. The molecule has 0 spiro atoms. The van der Waals surface area contributed by atoms with Crippen LogP contribution in [-0.2, 0) is 6.54 Å². The Morgan fingerprint density at radius 2 is 1.66 bits per heavy atom. The van der Waals surface area contributed by atoms with E-state index in [1.54, 1.807) is 0 Å². The fraction of sp³-hybridized carbons (Fsp3) is 0.136. The fourth-order valence-corrected chi connectivity index (χ4v) is 3.95. The molecule has 2 heterocycles. The van der Waals surface area contributed by atoms with Gasteiger partial charge in [-0.2, -0.15) is 0 Å². The zero-order chi connectivity index (χ0) is 20.1. The van der Waals surface area contributed by atoms with Crippen LogP contribution in [0.4, 0.5) is 4.79 Å². The highest BCUT2D eigenvalue weighted by Crippen LogP contribution is 2.21. The van der Waals surface area contributed by atoms with E-state index in [0.29, 0.717) is 23.3 Å². The lowest BCUT2D eigenvalue weighted by atomic mass is 9.99. The van der Waals surface area contributed by atoms with E-state index in [1.165, 1.54) is 22.2 Å². The van der Waals surface area contributed by atoms with Crippen LogP contribution in [0.2, 0.25) is 0 Å². The molecule has 7 heteroatoms. The van der Waals surface area contributed by atoms with Gasteiger partial charge in [0.1, 0.15) is 4.70 Å². The van der Waals surface area contributed by atoms with Gasteiger partial charge in [0, 0.05) is 13.1 Å². The van der Waals surface area contributed by atoms with Gasteiger partial charge in [0.15, 0.2) is 0 Å². The van der Waals surface area contributed by atoms with E-state index in [2.05, 4.69) is 15.6 Å². The van der Waals surface area contributed by atoms with Crippen LogP contribution in [0, 0.1) is 0 Å². The van der Waals surface area contributed by atoms with Crippen LogP contribution in [0.1, 0.15) is 17.2 Å². The van der Waals surface area contributed by atoms with Crippen molar-refractivity contribution in [1.82, 2.24) is 20.2 Å². The molecule has 4 rings (SSSR count). The second-order valence-electron chi connectivity index (χ2n) is 6.53. The van der Waals surface area contributed by atoms with Crippen LogP contribution in [0.15, 0.2) is 83.2 Å². The van der Waals surface area contributed by atoms with Crippen LogP contribution >= 0.6 is 11.3 Å². The number of aromatic nitrogens is 2. The summed E-state index contributed by atoms with van der Waals surface area (Å²) in [6.07, 6.45) is 1.52. The van der Waals surface area contributed by atoms with Crippen molar-refractivity contribution in [2.24, 2.45) is 0 Å². The molecule has 0 atom stereocenters. The van der Waals surface area contributed by atoms with E-state index in [9.17, 15) is 9.59 Å². The highest BCUT2D eigenvalue weighted by molar-refractivity contribution is 7.17. The fourth-order valence-electron chi connectivity index (χ4n) is 3.16. The molecule has 146 valence electrons. The smallest absolute Gasteiger partial charge is 0.315 e. The molecule has 2 aromatic carbocycles. The number of nitrogens with zero attached hydrogens (tertiary/aromatic N) is 2. The van der Waals surface area contributed by atoms with E-state index >= 15 is 0 Å². The molecule has 0 aliphatic heterocycles. The third-order valence-electron chi connectivity index (χ3n) is 4.62. The van der Waals surface area contributed by atoms with Crippen molar-refractivity contribution in [1.29, 1.82) is 0 Å². The molecule has 6 nitrogen and oxygen atoms in total. The molecule has 0 saturated heterocycles. The minimum atomic E-state index is -0.291. The van der Waals surface area contributed by atoms with Crippen LogP contribution in [0.5, 0.6) is 0 Å². The van der Waals surface area contributed by atoms with Gasteiger partial charge < -0.3 is 10.6 Å². The number of carbonyl (C=O) groups excluding carboxylic acids is 1. The van der Waals surface area contributed by atoms with Crippen molar-refractivity contribution >= 4 is 27.6 Å². The summed E-state index contributed by atoms with van der Waals surface area (Å²) >= 11 is 1.38. The summed E-state index contributed by atoms with van der Waals surface area (Å²) in [6, 6.07) is 20.9. The summed E-state index contributed by atoms with van der Waals surface area (Å²) in [7, 11) is 0. The molecule has 2 amide bonds. The molecular formula is C22H20N4O2S. The molecule has 2 N–H and O–H groups in total. The van der Waals surface area contributed by atoms with Crippen molar-refractivity contribution in [3.8, 4) is 0 Å². The Labute approximate surface area is 171 Å². The second-order valence-corrected chi connectivity index (χ2v) is 7.45. The molecule has 4 aromatic rings. The first kappa shape index (κ1) is 18.9. The zero-order valence-corrected chi connectivity index (χ0v) is 16.4. The molecule has 0 unspecified atom stereocenters. The molecule has 29 heavy (non-hydrogen) atoms. The summed E-state index contributed by atoms with van der Waals surface area (Å²) < 4.78 is 2.15. The maximum atomic E-state index is 12.5. The molecule has 0 fully saturated rings. The molecule has 0 saturated carbocycles. The Bertz CT molecular complexity index is 1120. The molecule has 2 aromatic heterocycles. The summed E-state index contributed by atoms with van der Waals surface area (Å²) in [5.41, 5.74) is 2.61. The number of thiophene rings is 1. The predicted molar refractivity (Wildman–Crippen MR) is 115 cm³/mol. The number of hydrogen-bond acceptors (Lipinski definition) is 4. The summed E-state index contributed by atoms with van der Waals surface area (Å²) in [5.74, 6) is 0. The zero-order valence-electron chi connectivity index (χ0n) is 15.6. The highest BCUT2D eigenvalue weighted by Gasteiger charge is 2.16. The van der Waals surface area contributed by atoms with E-state index in [-0.39, 0.29) is 17.6 Å². The first-order valence-corrected chi connectivity index (χ1v) is 10.2. The van der Waals surface area contributed by atoms with Gasteiger partial charge in [-0.15, -0.1) is 11.3 Å². The molecule has 0 aliphatic carbocycles. The van der Waals surface area contributed by atoms with Gasteiger partial charge in [-0.1, -0.05) is 60.7 Å². The lowest BCUT2D eigenvalue weighted by molar-refractivity contribution is 0.238. The van der Waals surface area contributed by atoms with Gasteiger partial charge in [-0.25, -0.2) is 9.78 Å². The number of fused-ring (bicyclic) bond motifs is 1. The number of hydrogen-bond donors (Lipinski definition) is 2. The minimum absolute atomic E-state index is 0.0846. The number of rotatable bonds is 6. The van der Waals surface area contributed by atoms with E-state index < -0.39 is 0 Å². The molecular weight excluding hydrogens is 384 g/mol. The van der Waals surface area contributed by atoms with Crippen molar-refractivity contribution in [3.05, 3.63) is 99.9 Å². The lowest BCUT2D eigenvalue weighted by Crippen LogP contribution is -2.40. The topological polar surface area (TPSA) is 76.0 Å². The Hall–Kier alpha value is -3.45. The Morgan fingerprint density at radius 3 is 2.31 bits per heavy atom. The van der Waals surface area contributed by atoms with Crippen LogP contribution in [-0.4, -0.2) is 22.1 Å². The Balaban J connectivity index is 1.42. The average molecular weight is 404 g/mol. The van der Waals surface area contributed by atoms with Gasteiger partial charge in [0.25, 0.3) is 5.56 Å². The van der Waals surface area contributed by atoms with E-state index in [4.69, 9.17) is 0 Å². The SMILES string of the molecule is O=C(NCCn1cnc2ccsc2c1=O)NC(c1ccccc1)c1ccccc1. The number of carbonyl (C=O) groups is 1. The molecule has 0 radical (unpaired) electrons. The first-order chi connectivity index (χ1) is 14.2. The van der Waals surface area contributed by atoms with Gasteiger partial charge in [-0.05, 0) is 22.6 Å². The number of nitrogens with one attached hydrogen (secondary N) is 2. The highest BCUT2D eigenvalue weighted by atomic mass is 32.1. The van der Waals surface area contributed by atoms with Crippen LogP contribution < -0.4 is 16.2 Å². The quantitative estimate of drug-likeness (QED) is 0.516. The number of urea groups is 1. The third kappa shape index (κ3) is 4.35. The summed E-state index contributed by atoms with van der Waals surface area (Å²) in [4.78, 5) is 29.2. The number of benzene rings is 2. The lowest BCUT2D eigenvalue weighted by Gasteiger charge is -2.20. The normalized spacial score (nSPS) is 10.9. The van der Waals surface area contributed by atoms with Crippen LogP contribution in [0.3, 0.4) is 0 Å². The maximum Gasteiger partial charge on any atom is 0.315 e. The van der Waals surface area contributed by atoms with Crippen LogP contribution in [0.25, 0.3) is 10.2 Å². The predicted octanol–water partition coefficient (Wildman–Crippen LogP) is 3.55. The Kier molecular flexibility index (Phi) is 5.67. The van der Waals surface area contributed by atoms with Gasteiger partial charge in [0.2, 0.25) is 0 Å². The van der Waals surface area contributed by atoms with Crippen molar-refractivity contribution in [2.45, 2.75) is 12.6 Å². The number of amides is 2. The largest absolute Gasteiger partial charge is 0.336 e. The minimum Gasteiger partial charge on any atom is -0.336 e. The standard InChI is InChI=1S/C22H20N4O2S/c27-21-20-18(11-14-29-20)24-15-26(21)13-12-23-22(28)25-19(16-7-3-1-4-8-16)17-9-5-2-6-10-17/h1-11,14-15,19H,12-13H2,(H2,23,25,28). The molecule has 0 aliphatic rings. The van der Waals surface area contributed by atoms with Crippen molar-refractivity contribution < 1.29 is 4.79 Å². The Morgan fingerprint density at radius 1 is 1.00 bits per heavy atom. The van der Waals surface area contributed by atoms with Gasteiger partial charge in [-0.3, -0.25) is 9.36 Å². The monoisotopic (exact) mass is 404 g/mol. The average Bonchev–Trinajstić information content (AvgIpc) is 3.25. The second kappa shape index (κ2) is 8.70. The van der Waals surface area contributed by atoms with Crippen molar-refractivity contribution in [2.75, 3.05) is 6.54 Å². The van der Waals surface area contributed by atoms with Gasteiger partial charge >= 0.3 is 6.03 Å². The molecule has 0 bridgehead atoms. The third-order valence-corrected chi connectivity index (χ3v) is 5.51. The van der Waals surface area contributed by atoms with E-state index in [1.807, 2.05) is 72.1 Å². The maximum absolute atomic E-state index is 12.5. The summed E-state index contributed by atoms with van der Waals surface area (Å²) in [6.45, 7) is 0.676. The van der Waals surface area contributed by atoms with Crippen molar-refractivity contribution in [3.63, 3.8) is 0 Å². The first-order valence-electron chi connectivity index (χ1n) is 9.29. The van der Waals surface area contributed by atoms with E-state index in [0.717, 1.165) is 11.1 Å².